The number of nitrogens with zero attached hydrogens (tertiary/aromatic N) is 1. The summed E-state index contributed by atoms with van der Waals surface area (Å²) in [6.45, 7) is 0. The fraction of sp³-hybridized carbons (Fsp3) is 0.533. The van der Waals surface area contributed by atoms with Crippen LogP contribution in [0.1, 0.15) is 37.7 Å². The highest BCUT2D eigenvalue weighted by Crippen LogP contribution is 2.37. The normalized spacial score (nSPS) is 24.0. The van der Waals surface area contributed by atoms with E-state index in [0.29, 0.717) is 12.5 Å². The van der Waals surface area contributed by atoms with Crippen LogP contribution in [0.15, 0.2) is 24.3 Å². The number of hydrogen-bond donors (Lipinski definition) is 1. The molecular weight excluding hydrogens is 226 g/mol. The van der Waals surface area contributed by atoms with Gasteiger partial charge in [0.25, 0.3) is 0 Å². The van der Waals surface area contributed by atoms with Gasteiger partial charge < -0.3 is 10.0 Å². The number of para-hydroxylation sites is 1. The van der Waals surface area contributed by atoms with E-state index in [1.54, 1.807) is 0 Å². The van der Waals surface area contributed by atoms with E-state index in [4.69, 9.17) is 0 Å². The summed E-state index contributed by atoms with van der Waals surface area (Å²) >= 11 is 0. The van der Waals surface area contributed by atoms with Crippen LogP contribution in [-0.4, -0.2) is 23.2 Å². The van der Waals surface area contributed by atoms with E-state index in [0.717, 1.165) is 18.5 Å². The molecule has 3 heteroatoms. The van der Waals surface area contributed by atoms with Crippen molar-refractivity contribution in [1.82, 2.24) is 0 Å². The van der Waals surface area contributed by atoms with Crippen LogP contribution in [0.5, 0.6) is 0 Å². The number of anilines is 1. The second-order valence-electron chi connectivity index (χ2n) is 5.39. The lowest BCUT2D eigenvalue weighted by molar-refractivity contribution is -0.138. The largest absolute Gasteiger partial charge is 0.480 e. The first kappa shape index (κ1) is 11.6. The third kappa shape index (κ3) is 1.88. The van der Waals surface area contributed by atoms with Gasteiger partial charge in [-0.25, -0.2) is 4.79 Å². The predicted octanol–water partition coefficient (Wildman–Crippen LogP) is 2.84. The smallest absolute Gasteiger partial charge is 0.326 e. The third-order valence-corrected chi connectivity index (χ3v) is 4.27. The number of carboxylic acids is 1. The lowest BCUT2D eigenvalue weighted by atomic mass is 9.93. The zero-order valence-electron chi connectivity index (χ0n) is 10.5. The number of hydrogen-bond acceptors (Lipinski definition) is 2. The van der Waals surface area contributed by atoms with Crippen LogP contribution < -0.4 is 4.90 Å². The number of aliphatic carboxylic acids is 1. The minimum absolute atomic E-state index is 0.356. The van der Waals surface area contributed by atoms with Gasteiger partial charge in [0.15, 0.2) is 0 Å². The Morgan fingerprint density at radius 2 is 1.89 bits per heavy atom. The van der Waals surface area contributed by atoms with Gasteiger partial charge in [-0.05, 0) is 24.5 Å². The SMILES string of the molecule is O=C(O)C1Cc2ccccc2N1C1CCCCC1. The van der Waals surface area contributed by atoms with Crippen LogP contribution in [0.25, 0.3) is 0 Å². The van der Waals surface area contributed by atoms with Crippen molar-refractivity contribution in [2.75, 3.05) is 4.90 Å². The van der Waals surface area contributed by atoms with Gasteiger partial charge >= 0.3 is 5.97 Å². The first-order chi connectivity index (χ1) is 8.77. The van der Waals surface area contributed by atoms with E-state index in [9.17, 15) is 9.90 Å². The Morgan fingerprint density at radius 3 is 2.61 bits per heavy atom. The van der Waals surface area contributed by atoms with Crippen LogP contribution >= 0.6 is 0 Å². The molecule has 1 heterocycles. The van der Waals surface area contributed by atoms with Crippen molar-refractivity contribution in [2.45, 2.75) is 50.6 Å². The molecule has 0 bridgehead atoms. The Kier molecular flexibility index (Phi) is 2.98. The van der Waals surface area contributed by atoms with Gasteiger partial charge in [-0.2, -0.15) is 0 Å². The van der Waals surface area contributed by atoms with Gasteiger partial charge in [0.2, 0.25) is 0 Å². The highest BCUT2D eigenvalue weighted by molar-refractivity contribution is 5.82. The quantitative estimate of drug-likeness (QED) is 0.871. The molecule has 0 amide bonds. The van der Waals surface area contributed by atoms with Crippen molar-refractivity contribution in [1.29, 1.82) is 0 Å². The zero-order valence-corrected chi connectivity index (χ0v) is 10.5. The molecule has 3 nitrogen and oxygen atoms in total. The maximum atomic E-state index is 11.5. The number of fused-ring (bicyclic) bond motifs is 1. The molecule has 1 fully saturated rings. The molecular formula is C15H19NO2. The number of carboxylic acid groups (broad SMARTS) is 1. The molecule has 1 aliphatic heterocycles. The molecule has 96 valence electrons. The van der Waals surface area contributed by atoms with E-state index in [-0.39, 0.29) is 6.04 Å². The Balaban J connectivity index is 1.94. The lowest BCUT2D eigenvalue weighted by Gasteiger charge is -2.36. The standard InChI is InChI=1S/C15H19NO2/c17-15(18)14-10-11-6-4-5-9-13(11)16(14)12-7-2-1-3-8-12/h4-6,9,12,14H,1-3,7-8,10H2,(H,17,18). The fourth-order valence-corrected chi connectivity index (χ4v) is 3.43. The minimum Gasteiger partial charge on any atom is -0.480 e. The van der Waals surface area contributed by atoms with E-state index >= 15 is 0 Å². The van der Waals surface area contributed by atoms with Crippen molar-refractivity contribution in [2.24, 2.45) is 0 Å². The van der Waals surface area contributed by atoms with Crippen LogP contribution in [0.3, 0.4) is 0 Å². The monoisotopic (exact) mass is 245 g/mol. The summed E-state index contributed by atoms with van der Waals surface area (Å²) in [5.74, 6) is -0.684. The third-order valence-electron chi connectivity index (χ3n) is 4.27. The highest BCUT2D eigenvalue weighted by Gasteiger charge is 2.38. The Morgan fingerprint density at radius 1 is 1.17 bits per heavy atom. The minimum atomic E-state index is -0.684. The van der Waals surface area contributed by atoms with Crippen molar-refractivity contribution < 1.29 is 9.90 Å². The van der Waals surface area contributed by atoms with Crippen molar-refractivity contribution in [3.8, 4) is 0 Å². The Bertz CT molecular complexity index is 452. The summed E-state index contributed by atoms with van der Waals surface area (Å²) in [7, 11) is 0. The molecule has 0 aromatic heterocycles. The van der Waals surface area contributed by atoms with E-state index in [1.165, 1.54) is 24.8 Å². The molecule has 1 aliphatic carbocycles. The second kappa shape index (κ2) is 4.63. The second-order valence-corrected chi connectivity index (χ2v) is 5.39. The molecule has 0 saturated heterocycles. The number of carbonyl (C=O) groups is 1. The van der Waals surface area contributed by atoms with E-state index < -0.39 is 5.97 Å². The molecule has 1 aromatic carbocycles. The predicted molar refractivity (Wildman–Crippen MR) is 70.9 cm³/mol. The number of rotatable bonds is 2. The van der Waals surface area contributed by atoms with Gasteiger partial charge in [-0.1, -0.05) is 37.5 Å². The van der Waals surface area contributed by atoms with Crippen LogP contribution in [0, 0.1) is 0 Å². The average Bonchev–Trinajstić information content (AvgIpc) is 2.79. The van der Waals surface area contributed by atoms with Gasteiger partial charge in [-0.15, -0.1) is 0 Å². The zero-order chi connectivity index (χ0) is 12.5. The van der Waals surface area contributed by atoms with Gasteiger partial charge in [0.1, 0.15) is 6.04 Å². The molecule has 1 N–H and O–H groups in total. The highest BCUT2D eigenvalue weighted by atomic mass is 16.4. The molecule has 3 rings (SSSR count). The first-order valence-corrected chi connectivity index (χ1v) is 6.86. The van der Waals surface area contributed by atoms with Gasteiger partial charge in [-0.3, -0.25) is 0 Å². The van der Waals surface area contributed by atoms with Gasteiger partial charge in [0.05, 0.1) is 0 Å². The summed E-state index contributed by atoms with van der Waals surface area (Å²) in [6, 6.07) is 8.22. The molecule has 1 unspecified atom stereocenters. The van der Waals surface area contributed by atoms with E-state index in [1.807, 2.05) is 12.1 Å². The topological polar surface area (TPSA) is 40.5 Å². The molecule has 1 aromatic rings. The molecule has 0 spiro atoms. The summed E-state index contributed by atoms with van der Waals surface area (Å²) < 4.78 is 0. The Hall–Kier alpha value is -1.51. The van der Waals surface area contributed by atoms with Crippen LogP contribution in [0.4, 0.5) is 5.69 Å². The maximum Gasteiger partial charge on any atom is 0.326 e. The van der Waals surface area contributed by atoms with E-state index in [2.05, 4.69) is 17.0 Å². The van der Waals surface area contributed by atoms with Crippen LogP contribution in [0.2, 0.25) is 0 Å². The number of benzene rings is 1. The van der Waals surface area contributed by atoms with Gasteiger partial charge in [0, 0.05) is 18.2 Å². The molecule has 1 saturated carbocycles. The Labute approximate surface area is 107 Å². The maximum absolute atomic E-state index is 11.5. The van der Waals surface area contributed by atoms with Crippen molar-refractivity contribution in [3.63, 3.8) is 0 Å². The van der Waals surface area contributed by atoms with Crippen molar-refractivity contribution in [3.05, 3.63) is 29.8 Å². The molecule has 0 radical (unpaired) electrons. The summed E-state index contributed by atoms with van der Waals surface area (Å²) in [5, 5.41) is 9.44. The fourth-order valence-electron chi connectivity index (χ4n) is 3.43. The average molecular weight is 245 g/mol. The molecule has 18 heavy (non-hydrogen) atoms. The first-order valence-electron chi connectivity index (χ1n) is 6.86. The molecule has 2 aliphatic rings. The van der Waals surface area contributed by atoms with Crippen LogP contribution in [-0.2, 0) is 11.2 Å². The summed E-state index contributed by atoms with van der Waals surface area (Å²) in [6.07, 6.45) is 6.69. The molecule has 1 atom stereocenters. The van der Waals surface area contributed by atoms with Crippen molar-refractivity contribution >= 4 is 11.7 Å². The lowest BCUT2D eigenvalue weighted by Crippen LogP contribution is -2.46. The summed E-state index contributed by atoms with van der Waals surface area (Å²) in [4.78, 5) is 13.7. The summed E-state index contributed by atoms with van der Waals surface area (Å²) in [5.41, 5.74) is 2.34.